The van der Waals surface area contributed by atoms with Gasteiger partial charge >= 0.3 is 6.09 Å². The highest BCUT2D eigenvalue weighted by atomic mass is 127. The fourth-order valence-corrected chi connectivity index (χ4v) is 8.61. The number of anilines is 1. The van der Waals surface area contributed by atoms with Crippen molar-refractivity contribution in [3.63, 3.8) is 0 Å². The molecule has 2 heterocycles. The maximum atomic E-state index is 13.5. The van der Waals surface area contributed by atoms with Crippen LogP contribution in [0, 0.1) is 3.57 Å². The van der Waals surface area contributed by atoms with Crippen molar-refractivity contribution in [1.82, 2.24) is 5.32 Å². The van der Waals surface area contributed by atoms with Gasteiger partial charge in [-0.2, -0.15) is 4.99 Å². The summed E-state index contributed by atoms with van der Waals surface area (Å²) in [6.07, 6.45) is -0.460. The number of nitrogens with zero attached hydrogens (tertiary/aromatic N) is 2. The van der Waals surface area contributed by atoms with Crippen LogP contribution in [-0.4, -0.2) is 60.0 Å². The van der Waals surface area contributed by atoms with Gasteiger partial charge in [-0.15, -0.1) is 0 Å². The van der Waals surface area contributed by atoms with E-state index in [0.717, 1.165) is 14.8 Å². The van der Waals surface area contributed by atoms with Gasteiger partial charge in [-0.1, -0.05) is 48.2 Å². The van der Waals surface area contributed by atoms with Crippen molar-refractivity contribution in [1.29, 1.82) is 0 Å². The van der Waals surface area contributed by atoms with Gasteiger partial charge in [0.25, 0.3) is 5.91 Å². The van der Waals surface area contributed by atoms with Crippen LogP contribution in [-0.2, 0) is 25.8 Å². The third-order valence-corrected chi connectivity index (χ3v) is 9.51. The molecule has 2 saturated heterocycles. The van der Waals surface area contributed by atoms with Crippen molar-refractivity contribution in [2.24, 2.45) is 4.99 Å². The van der Waals surface area contributed by atoms with Crippen LogP contribution in [0.2, 0.25) is 0 Å². The van der Waals surface area contributed by atoms with E-state index in [0.29, 0.717) is 5.17 Å². The quantitative estimate of drug-likeness (QED) is 0.492. The number of nitrogens with one attached hydrogen (secondary N) is 1. The molecule has 1 N–H and O–H groups in total. The number of thioether (sulfide) groups is 1. The zero-order chi connectivity index (χ0) is 26.1. The lowest BCUT2D eigenvalue weighted by Crippen LogP contribution is -2.45. The monoisotopic (exact) mass is 641 g/mol. The number of hydrogen-bond acceptors (Lipinski definition) is 6. The molecule has 0 aromatic heterocycles. The number of carbonyl (C=O) groups excluding carboxylic acids is 2. The van der Waals surface area contributed by atoms with E-state index in [-0.39, 0.29) is 29.2 Å². The number of carbonyl (C=O) groups is 2. The first kappa shape index (κ1) is 26.9. The molecule has 3 unspecified atom stereocenters. The number of alkyl carbamates (subject to hydrolysis) is 1. The fourth-order valence-electron chi connectivity index (χ4n) is 4.16. The van der Waals surface area contributed by atoms with Crippen LogP contribution in [0.15, 0.2) is 59.6 Å². The molecular formula is C25H28IN3O5S2. The number of hydrogen-bond donors (Lipinski definition) is 1. The molecule has 2 aromatic rings. The number of sulfone groups is 1. The van der Waals surface area contributed by atoms with Gasteiger partial charge in [0, 0.05) is 20.9 Å². The highest BCUT2D eigenvalue weighted by molar-refractivity contribution is 14.1. The SMILES string of the molecule is CC(C)(C)OC(=O)NC(Cc1ccccc1)C(=O)N=C1SC2CS(=O)(=O)CC2N1c1cccc(I)c1. The minimum absolute atomic E-state index is 0.00690. The van der Waals surface area contributed by atoms with Crippen LogP contribution in [0.5, 0.6) is 0 Å². The summed E-state index contributed by atoms with van der Waals surface area (Å²) in [6.45, 7) is 5.26. The zero-order valence-electron chi connectivity index (χ0n) is 20.2. The predicted octanol–water partition coefficient (Wildman–Crippen LogP) is 4.03. The van der Waals surface area contributed by atoms with Gasteiger partial charge < -0.3 is 15.0 Å². The second-order valence-corrected chi connectivity index (χ2v) is 14.4. The van der Waals surface area contributed by atoms with Crippen molar-refractivity contribution in [3.8, 4) is 0 Å². The molecule has 192 valence electrons. The molecule has 2 aromatic carbocycles. The Morgan fingerprint density at radius 1 is 1.17 bits per heavy atom. The highest BCUT2D eigenvalue weighted by Crippen LogP contribution is 2.41. The van der Waals surface area contributed by atoms with Gasteiger partial charge in [-0.3, -0.25) is 4.79 Å². The second kappa shape index (κ2) is 10.7. The Morgan fingerprint density at radius 3 is 2.56 bits per heavy atom. The van der Waals surface area contributed by atoms with Crippen LogP contribution in [0.1, 0.15) is 26.3 Å². The molecule has 0 spiro atoms. The van der Waals surface area contributed by atoms with Crippen molar-refractivity contribution < 1.29 is 22.7 Å². The molecule has 2 fully saturated rings. The lowest BCUT2D eigenvalue weighted by molar-refractivity contribution is -0.119. The van der Waals surface area contributed by atoms with Gasteiger partial charge in [0.1, 0.15) is 11.6 Å². The second-order valence-electron chi connectivity index (χ2n) is 9.77. The molecule has 0 bridgehead atoms. The van der Waals surface area contributed by atoms with Gasteiger partial charge in [0.15, 0.2) is 15.0 Å². The Kier molecular flexibility index (Phi) is 8.01. The largest absolute Gasteiger partial charge is 0.444 e. The summed E-state index contributed by atoms with van der Waals surface area (Å²) < 4.78 is 31.1. The molecule has 0 saturated carbocycles. The molecule has 8 nitrogen and oxygen atoms in total. The standard InChI is InChI=1S/C25H28IN3O5S2/c1-25(2,3)34-24(31)27-19(12-16-8-5-4-6-9-16)22(30)28-23-29(18-11-7-10-17(26)13-18)20-14-36(32,33)15-21(20)35-23/h4-11,13,19-21H,12,14-15H2,1-3H3,(H,27,31). The number of benzene rings is 2. The summed E-state index contributed by atoms with van der Waals surface area (Å²) in [5, 5.41) is 2.90. The average Bonchev–Trinajstić information content (AvgIpc) is 3.23. The molecule has 0 radical (unpaired) electrons. The van der Waals surface area contributed by atoms with E-state index in [1.54, 1.807) is 20.8 Å². The van der Waals surface area contributed by atoms with Gasteiger partial charge in [0.05, 0.1) is 17.5 Å². The van der Waals surface area contributed by atoms with E-state index < -0.39 is 33.5 Å². The van der Waals surface area contributed by atoms with Crippen molar-refractivity contribution in [3.05, 3.63) is 63.7 Å². The normalized spacial score (nSPS) is 22.8. The van der Waals surface area contributed by atoms with Crippen LogP contribution < -0.4 is 10.2 Å². The van der Waals surface area contributed by atoms with Crippen LogP contribution >= 0.6 is 34.4 Å². The Balaban J connectivity index is 1.65. The maximum absolute atomic E-state index is 13.5. The number of amides is 2. The van der Waals surface area contributed by atoms with Crippen molar-refractivity contribution >= 4 is 67.0 Å². The molecule has 2 amide bonds. The first-order valence-corrected chi connectivity index (χ1v) is 15.3. The van der Waals surface area contributed by atoms with E-state index in [9.17, 15) is 18.0 Å². The summed E-state index contributed by atoms with van der Waals surface area (Å²) in [5.41, 5.74) is 0.927. The van der Waals surface area contributed by atoms with Crippen molar-refractivity contribution in [2.45, 2.75) is 50.1 Å². The molecule has 0 aliphatic carbocycles. The third-order valence-electron chi connectivity index (χ3n) is 5.63. The number of aliphatic imine (C=N–C) groups is 1. The Bertz CT molecular complexity index is 1280. The van der Waals surface area contributed by atoms with Crippen LogP contribution in [0.4, 0.5) is 10.5 Å². The Labute approximate surface area is 229 Å². The molecule has 3 atom stereocenters. The number of ether oxygens (including phenoxy) is 1. The molecule has 11 heteroatoms. The molecule has 2 aliphatic rings. The lowest BCUT2D eigenvalue weighted by atomic mass is 10.1. The minimum atomic E-state index is -3.18. The number of amidine groups is 1. The average molecular weight is 642 g/mol. The minimum Gasteiger partial charge on any atom is -0.444 e. The van der Waals surface area contributed by atoms with Crippen LogP contribution in [0.3, 0.4) is 0 Å². The highest BCUT2D eigenvalue weighted by Gasteiger charge is 2.49. The topological polar surface area (TPSA) is 105 Å². The lowest BCUT2D eigenvalue weighted by Gasteiger charge is -2.25. The fraction of sp³-hybridized carbons (Fsp3) is 0.400. The predicted molar refractivity (Wildman–Crippen MR) is 151 cm³/mol. The summed E-state index contributed by atoms with van der Waals surface area (Å²) in [7, 11) is -3.18. The summed E-state index contributed by atoms with van der Waals surface area (Å²) in [5.74, 6) is -0.474. The summed E-state index contributed by atoms with van der Waals surface area (Å²) >= 11 is 3.50. The summed E-state index contributed by atoms with van der Waals surface area (Å²) in [6, 6.07) is 15.8. The first-order chi connectivity index (χ1) is 16.9. The smallest absolute Gasteiger partial charge is 0.408 e. The van der Waals surface area contributed by atoms with E-state index in [2.05, 4.69) is 32.9 Å². The summed E-state index contributed by atoms with van der Waals surface area (Å²) in [4.78, 5) is 32.3. The van der Waals surface area contributed by atoms with E-state index in [1.807, 2.05) is 59.5 Å². The van der Waals surface area contributed by atoms with Gasteiger partial charge in [0.2, 0.25) is 0 Å². The van der Waals surface area contributed by atoms with Crippen molar-refractivity contribution in [2.75, 3.05) is 16.4 Å². The van der Waals surface area contributed by atoms with E-state index in [4.69, 9.17) is 4.74 Å². The third kappa shape index (κ3) is 6.80. The molecule has 2 aliphatic heterocycles. The Morgan fingerprint density at radius 2 is 1.89 bits per heavy atom. The maximum Gasteiger partial charge on any atom is 0.408 e. The van der Waals surface area contributed by atoms with E-state index in [1.165, 1.54) is 11.8 Å². The molecule has 4 rings (SSSR count). The molecular weight excluding hydrogens is 613 g/mol. The van der Waals surface area contributed by atoms with Gasteiger partial charge in [-0.05, 0) is 67.1 Å². The number of fused-ring (bicyclic) bond motifs is 1. The Hall–Kier alpha value is -2.12. The first-order valence-electron chi connectivity index (χ1n) is 11.5. The molecule has 36 heavy (non-hydrogen) atoms. The van der Waals surface area contributed by atoms with Crippen LogP contribution in [0.25, 0.3) is 0 Å². The number of halogens is 1. The number of rotatable bonds is 5. The zero-order valence-corrected chi connectivity index (χ0v) is 24.0. The van der Waals surface area contributed by atoms with E-state index >= 15 is 0 Å². The van der Waals surface area contributed by atoms with Gasteiger partial charge in [-0.25, -0.2) is 13.2 Å².